The molecule has 7 nitrogen and oxygen atoms in total. The third-order valence-corrected chi connectivity index (χ3v) is 3.98. The number of benzene rings is 1. The molecule has 0 spiro atoms. The molecule has 0 saturated heterocycles. The van der Waals surface area contributed by atoms with E-state index in [2.05, 4.69) is 4.98 Å². The lowest BCUT2D eigenvalue weighted by Crippen LogP contribution is -2.42. The van der Waals surface area contributed by atoms with Gasteiger partial charge in [0.15, 0.2) is 17.8 Å². The number of carbonyl (C=O) groups excluding carboxylic acids is 1. The summed E-state index contributed by atoms with van der Waals surface area (Å²) in [5, 5.41) is 0. The average molecular weight is 340 g/mol. The van der Waals surface area contributed by atoms with E-state index in [0.717, 1.165) is 0 Å². The van der Waals surface area contributed by atoms with Gasteiger partial charge in [0.25, 0.3) is 5.91 Å². The van der Waals surface area contributed by atoms with Crippen LogP contribution in [0.5, 0.6) is 11.5 Å². The fraction of sp³-hybridized carbons (Fsp3) is 0.222. The summed E-state index contributed by atoms with van der Waals surface area (Å²) in [7, 11) is 1.58. The second-order valence-corrected chi connectivity index (χ2v) is 5.69. The summed E-state index contributed by atoms with van der Waals surface area (Å²) in [6, 6.07) is 8.80. The maximum Gasteiger partial charge on any atom is 0.281 e. The van der Waals surface area contributed by atoms with Gasteiger partial charge in [-0.1, -0.05) is 0 Å². The molecule has 4 rings (SSSR count). The largest absolute Gasteiger partial charge is 0.497 e. The number of amides is 1. The number of hydrogen-bond acceptors (Lipinski definition) is 6. The van der Waals surface area contributed by atoms with Gasteiger partial charge in [0.1, 0.15) is 17.6 Å². The number of aromatic nitrogens is 1. The Bertz CT molecular complexity index is 900. The summed E-state index contributed by atoms with van der Waals surface area (Å²) in [6.07, 6.45) is 2.61. The second kappa shape index (κ2) is 6.01. The lowest BCUT2D eigenvalue weighted by molar-refractivity contribution is 0.0957. The number of oxazole rings is 1. The Labute approximate surface area is 143 Å². The zero-order valence-corrected chi connectivity index (χ0v) is 13.8. The topological polar surface area (TPSA) is 77.9 Å². The Morgan fingerprint density at radius 3 is 2.96 bits per heavy atom. The molecule has 3 heterocycles. The molecule has 0 saturated carbocycles. The van der Waals surface area contributed by atoms with E-state index in [4.69, 9.17) is 18.3 Å². The molecule has 1 aliphatic rings. The third kappa shape index (κ3) is 2.63. The monoisotopic (exact) mass is 340 g/mol. The molecule has 0 fully saturated rings. The molecule has 25 heavy (non-hydrogen) atoms. The highest BCUT2D eigenvalue weighted by atomic mass is 16.5. The summed E-state index contributed by atoms with van der Waals surface area (Å²) in [5.74, 6) is 1.73. The number of methoxy groups -OCH3 is 1. The van der Waals surface area contributed by atoms with E-state index < -0.39 is 0 Å². The molecule has 128 valence electrons. The van der Waals surface area contributed by atoms with Crippen molar-refractivity contribution in [3.63, 3.8) is 0 Å². The molecular formula is C18H16N2O5. The number of hydrogen-bond donors (Lipinski definition) is 0. The van der Waals surface area contributed by atoms with Crippen molar-refractivity contribution in [1.82, 2.24) is 4.98 Å². The van der Waals surface area contributed by atoms with Gasteiger partial charge in [0.2, 0.25) is 5.76 Å². The molecule has 0 aliphatic carbocycles. The van der Waals surface area contributed by atoms with E-state index >= 15 is 0 Å². The minimum Gasteiger partial charge on any atom is -0.497 e. The smallest absolute Gasteiger partial charge is 0.281 e. The molecule has 1 amide bonds. The van der Waals surface area contributed by atoms with Gasteiger partial charge in [-0.2, -0.15) is 0 Å². The highest BCUT2D eigenvalue weighted by Crippen LogP contribution is 2.38. The van der Waals surface area contributed by atoms with Gasteiger partial charge in [-0.05, 0) is 31.2 Å². The number of ether oxygens (including phenoxy) is 2. The van der Waals surface area contributed by atoms with E-state index in [1.807, 2.05) is 6.92 Å². The summed E-state index contributed by atoms with van der Waals surface area (Å²) < 4.78 is 21.8. The van der Waals surface area contributed by atoms with Crippen LogP contribution in [-0.2, 0) is 0 Å². The molecule has 0 N–H and O–H groups in total. The van der Waals surface area contributed by atoms with Crippen molar-refractivity contribution in [2.75, 3.05) is 18.6 Å². The van der Waals surface area contributed by atoms with Crippen LogP contribution in [0.1, 0.15) is 17.4 Å². The predicted molar refractivity (Wildman–Crippen MR) is 89.0 cm³/mol. The van der Waals surface area contributed by atoms with Crippen LogP contribution in [0.4, 0.5) is 5.69 Å². The van der Waals surface area contributed by atoms with Crippen LogP contribution in [0.2, 0.25) is 0 Å². The number of furan rings is 1. The Morgan fingerprint density at radius 2 is 2.20 bits per heavy atom. The normalized spacial score (nSPS) is 16.2. The molecule has 3 aromatic rings. The molecule has 7 heteroatoms. The maximum absolute atomic E-state index is 13.2. The van der Waals surface area contributed by atoms with Gasteiger partial charge in [0, 0.05) is 6.07 Å². The molecule has 0 bridgehead atoms. The van der Waals surface area contributed by atoms with E-state index in [0.29, 0.717) is 35.3 Å². The molecule has 1 aromatic carbocycles. The summed E-state index contributed by atoms with van der Waals surface area (Å²) in [4.78, 5) is 18.9. The van der Waals surface area contributed by atoms with E-state index in [1.165, 1.54) is 12.7 Å². The minimum absolute atomic E-state index is 0.149. The fourth-order valence-electron chi connectivity index (χ4n) is 2.85. The molecule has 2 aromatic heterocycles. The van der Waals surface area contributed by atoms with Crippen molar-refractivity contribution in [3.05, 3.63) is 48.7 Å². The van der Waals surface area contributed by atoms with Crippen LogP contribution in [0.3, 0.4) is 0 Å². The standard InChI is InChI=1S/C18H16N2O5/c1-11-9-20(13-8-12(22-2)5-6-14(13)25-11)18(21)16-17(24-10-19-16)15-4-3-7-23-15/h3-8,10-11H,9H2,1-2H3/t11-/m0/s1. The number of rotatable bonds is 3. The van der Waals surface area contributed by atoms with E-state index in [9.17, 15) is 4.79 Å². The fourth-order valence-corrected chi connectivity index (χ4v) is 2.85. The van der Waals surface area contributed by atoms with E-state index in [1.54, 1.807) is 42.3 Å². The Kier molecular flexibility index (Phi) is 3.68. The first kappa shape index (κ1) is 15.3. The SMILES string of the molecule is COc1ccc2c(c1)N(C(=O)c1ncoc1-c1ccco1)C[C@H](C)O2. The van der Waals surface area contributed by atoms with Gasteiger partial charge in [0.05, 0.1) is 25.6 Å². The lowest BCUT2D eigenvalue weighted by Gasteiger charge is -2.33. The Morgan fingerprint density at radius 1 is 1.32 bits per heavy atom. The summed E-state index contributed by atoms with van der Waals surface area (Å²) >= 11 is 0. The zero-order chi connectivity index (χ0) is 17.4. The van der Waals surface area contributed by atoms with Crippen molar-refractivity contribution in [2.45, 2.75) is 13.0 Å². The zero-order valence-electron chi connectivity index (χ0n) is 13.8. The Hall–Kier alpha value is -3.22. The molecule has 1 aliphatic heterocycles. The van der Waals surface area contributed by atoms with Crippen molar-refractivity contribution < 1.29 is 23.1 Å². The summed E-state index contributed by atoms with van der Waals surface area (Å²) in [5.41, 5.74) is 0.827. The Balaban J connectivity index is 1.76. The number of fused-ring (bicyclic) bond motifs is 1. The van der Waals surface area contributed by atoms with E-state index in [-0.39, 0.29) is 17.7 Å². The number of anilines is 1. The number of carbonyl (C=O) groups is 1. The van der Waals surface area contributed by atoms with Gasteiger partial charge in [-0.25, -0.2) is 4.98 Å². The van der Waals surface area contributed by atoms with Crippen molar-refractivity contribution in [1.29, 1.82) is 0 Å². The quantitative estimate of drug-likeness (QED) is 0.727. The third-order valence-electron chi connectivity index (χ3n) is 3.98. The second-order valence-electron chi connectivity index (χ2n) is 5.69. The van der Waals surface area contributed by atoms with Crippen LogP contribution in [0, 0.1) is 0 Å². The minimum atomic E-state index is -0.287. The van der Waals surface area contributed by atoms with Crippen LogP contribution < -0.4 is 14.4 Å². The highest BCUT2D eigenvalue weighted by Gasteiger charge is 2.32. The molecule has 1 atom stereocenters. The van der Waals surface area contributed by atoms with Crippen LogP contribution in [-0.4, -0.2) is 30.6 Å². The first-order valence-electron chi connectivity index (χ1n) is 7.81. The van der Waals surface area contributed by atoms with Gasteiger partial charge >= 0.3 is 0 Å². The first-order chi connectivity index (χ1) is 12.2. The predicted octanol–water partition coefficient (Wildman–Crippen LogP) is 3.37. The molecule has 0 unspecified atom stereocenters. The highest BCUT2D eigenvalue weighted by molar-refractivity contribution is 6.08. The van der Waals surface area contributed by atoms with Gasteiger partial charge < -0.3 is 18.3 Å². The molecular weight excluding hydrogens is 324 g/mol. The first-order valence-corrected chi connectivity index (χ1v) is 7.81. The summed E-state index contributed by atoms with van der Waals surface area (Å²) in [6.45, 7) is 2.30. The van der Waals surface area contributed by atoms with Crippen molar-refractivity contribution in [2.24, 2.45) is 0 Å². The van der Waals surface area contributed by atoms with Gasteiger partial charge in [-0.15, -0.1) is 0 Å². The van der Waals surface area contributed by atoms with Crippen LogP contribution >= 0.6 is 0 Å². The number of nitrogens with zero attached hydrogens (tertiary/aromatic N) is 2. The van der Waals surface area contributed by atoms with Gasteiger partial charge in [-0.3, -0.25) is 9.69 Å². The van der Waals surface area contributed by atoms with Crippen molar-refractivity contribution in [3.8, 4) is 23.0 Å². The van der Waals surface area contributed by atoms with Crippen molar-refractivity contribution >= 4 is 11.6 Å². The molecule has 0 radical (unpaired) electrons. The van der Waals surface area contributed by atoms with Crippen LogP contribution in [0.25, 0.3) is 11.5 Å². The maximum atomic E-state index is 13.2. The van der Waals surface area contributed by atoms with Crippen LogP contribution in [0.15, 0.2) is 51.8 Å². The lowest BCUT2D eigenvalue weighted by atomic mass is 10.1. The average Bonchev–Trinajstić information content (AvgIpc) is 3.30.